The van der Waals surface area contributed by atoms with Crippen molar-refractivity contribution in [3.8, 4) is 0 Å². The molecule has 8 heteroatoms. The van der Waals surface area contributed by atoms with E-state index in [1.54, 1.807) is 0 Å². The lowest BCUT2D eigenvalue weighted by atomic mass is 10.1. The van der Waals surface area contributed by atoms with Crippen molar-refractivity contribution in [1.82, 2.24) is 10.2 Å². The second-order valence-electron chi connectivity index (χ2n) is 4.65. The van der Waals surface area contributed by atoms with Crippen LogP contribution in [-0.4, -0.2) is 47.8 Å². The van der Waals surface area contributed by atoms with E-state index in [0.29, 0.717) is 19.4 Å². The Morgan fingerprint density at radius 1 is 1.37 bits per heavy atom. The zero-order valence-electron chi connectivity index (χ0n) is 10.4. The minimum absolute atomic E-state index is 0.0447. The van der Waals surface area contributed by atoms with E-state index in [2.05, 4.69) is 5.32 Å². The average Bonchev–Trinajstić information content (AvgIpc) is 2.69. The fraction of sp³-hybridized carbons (Fsp3) is 0.818. The molecule has 0 spiro atoms. The molecule has 0 saturated carbocycles. The Bertz CT molecular complexity index is 334. The fourth-order valence-electron chi connectivity index (χ4n) is 2.06. The van der Waals surface area contributed by atoms with Gasteiger partial charge in [0.1, 0.15) is 0 Å². The van der Waals surface area contributed by atoms with Gasteiger partial charge in [-0.2, -0.15) is 13.2 Å². The number of carbonyl (C=O) groups is 2. The molecule has 1 unspecified atom stereocenters. The number of carbonyl (C=O) groups excluding carboxylic acids is 1. The first-order chi connectivity index (χ1) is 8.78. The highest BCUT2D eigenvalue weighted by atomic mass is 19.4. The molecular formula is C11H17F3N2O3. The summed E-state index contributed by atoms with van der Waals surface area (Å²) < 4.78 is 36.6. The summed E-state index contributed by atoms with van der Waals surface area (Å²) in [6, 6.07) is -0.421. The molecule has 1 aliphatic heterocycles. The first-order valence-electron chi connectivity index (χ1n) is 6.09. The van der Waals surface area contributed by atoms with Crippen LogP contribution in [0.25, 0.3) is 0 Å². The molecule has 0 aliphatic carbocycles. The van der Waals surface area contributed by atoms with Gasteiger partial charge in [0, 0.05) is 32.5 Å². The van der Waals surface area contributed by atoms with Crippen LogP contribution in [0.15, 0.2) is 0 Å². The summed E-state index contributed by atoms with van der Waals surface area (Å²) in [6.45, 7) is 0.626. The Balaban J connectivity index is 2.22. The number of hydrogen-bond donors (Lipinski definition) is 2. The number of nitrogens with one attached hydrogen (secondary N) is 1. The Kier molecular flexibility index (Phi) is 5.44. The van der Waals surface area contributed by atoms with Gasteiger partial charge < -0.3 is 15.3 Å². The molecule has 19 heavy (non-hydrogen) atoms. The molecule has 0 bridgehead atoms. The zero-order chi connectivity index (χ0) is 14.5. The normalized spacial score (nSPS) is 19.5. The number of halogens is 3. The van der Waals surface area contributed by atoms with E-state index in [1.165, 1.54) is 4.90 Å². The van der Waals surface area contributed by atoms with Gasteiger partial charge in [-0.25, -0.2) is 4.79 Å². The lowest BCUT2D eigenvalue weighted by molar-refractivity contribution is -0.143. The Hall–Kier alpha value is -1.47. The first-order valence-corrected chi connectivity index (χ1v) is 6.09. The van der Waals surface area contributed by atoms with Gasteiger partial charge in [0.05, 0.1) is 0 Å². The summed E-state index contributed by atoms with van der Waals surface area (Å²) in [5.41, 5.74) is 0. The maximum Gasteiger partial charge on any atom is 0.389 e. The fourth-order valence-corrected chi connectivity index (χ4v) is 2.06. The molecule has 1 heterocycles. The third-order valence-corrected chi connectivity index (χ3v) is 2.94. The molecule has 0 radical (unpaired) electrons. The Labute approximate surface area is 108 Å². The average molecular weight is 282 g/mol. The molecule has 1 fully saturated rings. The van der Waals surface area contributed by atoms with Crippen molar-refractivity contribution in [1.29, 1.82) is 0 Å². The van der Waals surface area contributed by atoms with Crippen LogP contribution >= 0.6 is 0 Å². The molecule has 0 aromatic rings. The summed E-state index contributed by atoms with van der Waals surface area (Å²) in [7, 11) is 0. The van der Waals surface area contributed by atoms with Gasteiger partial charge >= 0.3 is 18.2 Å². The van der Waals surface area contributed by atoms with Crippen molar-refractivity contribution >= 4 is 12.0 Å². The molecule has 0 aromatic carbocycles. The minimum atomic E-state index is -4.20. The van der Waals surface area contributed by atoms with E-state index >= 15 is 0 Å². The van der Waals surface area contributed by atoms with Crippen LogP contribution in [0.5, 0.6) is 0 Å². The number of carboxylic acid groups (broad SMARTS) is 1. The minimum Gasteiger partial charge on any atom is -0.481 e. The van der Waals surface area contributed by atoms with Crippen molar-refractivity contribution in [3.05, 3.63) is 0 Å². The number of alkyl halides is 3. The number of aliphatic carboxylic acids is 1. The number of rotatable bonds is 5. The first kappa shape index (κ1) is 15.6. The van der Waals surface area contributed by atoms with Crippen LogP contribution in [0.2, 0.25) is 0 Å². The highest BCUT2D eigenvalue weighted by Crippen LogP contribution is 2.30. The predicted molar refractivity (Wildman–Crippen MR) is 60.6 cm³/mol. The third-order valence-electron chi connectivity index (χ3n) is 2.94. The Morgan fingerprint density at radius 3 is 2.63 bits per heavy atom. The van der Waals surface area contributed by atoms with E-state index in [-0.39, 0.29) is 19.5 Å². The lowest BCUT2D eigenvalue weighted by Crippen LogP contribution is -2.39. The van der Waals surface area contributed by atoms with Crippen molar-refractivity contribution < 1.29 is 27.9 Å². The number of amides is 2. The number of hydrogen-bond acceptors (Lipinski definition) is 2. The molecule has 2 amide bonds. The van der Waals surface area contributed by atoms with Gasteiger partial charge in [-0.1, -0.05) is 0 Å². The second kappa shape index (κ2) is 6.63. The van der Waals surface area contributed by atoms with Gasteiger partial charge in [-0.15, -0.1) is 0 Å². The van der Waals surface area contributed by atoms with E-state index < -0.39 is 30.5 Å². The maximum atomic E-state index is 12.2. The lowest BCUT2D eigenvalue weighted by Gasteiger charge is -2.17. The van der Waals surface area contributed by atoms with Gasteiger partial charge in [0.25, 0.3) is 0 Å². The monoisotopic (exact) mass is 282 g/mol. The van der Waals surface area contributed by atoms with Crippen LogP contribution in [0.1, 0.15) is 25.7 Å². The van der Waals surface area contributed by atoms with E-state index in [0.717, 1.165) is 0 Å². The summed E-state index contributed by atoms with van der Waals surface area (Å²) in [4.78, 5) is 23.2. The summed E-state index contributed by atoms with van der Waals surface area (Å²) in [6.07, 6.45) is -4.45. The number of urea groups is 1. The molecule has 5 nitrogen and oxygen atoms in total. The molecule has 1 saturated heterocycles. The van der Waals surface area contributed by atoms with Crippen molar-refractivity contribution in [3.63, 3.8) is 0 Å². The van der Waals surface area contributed by atoms with Crippen molar-refractivity contribution in [2.24, 2.45) is 5.92 Å². The van der Waals surface area contributed by atoms with Gasteiger partial charge in [0.2, 0.25) is 0 Å². The number of likely N-dealkylation sites (tertiary alicyclic amines) is 1. The third kappa shape index (κ3) is 6.30. The smallest absolute Gasteiger partial charge is 0.389 e. The van der Waals surface area contributed by atoms with Gasteiger partial charge in [-0.3, -0.25) is 4.79 Å². The van der Waals surface area contributed by atoms with Crippen molar-refractivity contribution in [2.45, 2.75) is 31.9 Å². The molecular weight excluding hydrogens is 265 g/mol. The van der Waals surface area contributed by atoms with Crippen LogP contribution in [-0.2, 0) is 4.79 Å². The van der Waals surface area contributed by atoms with Crippen LogP contribution in [0.4, 0.5) is 18.0 Å². The van der Waals surface area contributed by atoms with E-state index in [1.807, 2.05) is 0 Å². The van der Waals surface area contributed by atoms with Gasteiger partial charge in [0.15, 0.2) is 0 Å². The number of carboxylic acids is 1. The quantitative estimate of drug-likeness (QED) is 0.756. The van der Waals surface area contributed by atoms with Crippen LogP contribution in [0.3, 0.4) is 0 Å². The zero-order valence-corrected chi connectivity index (χ0v) is 10.4. The highest BCUT2D eigenvalue weighted by molar-refractivity contribution is 5.74. The van der Waals surface area contributed by atoms with Crippen LogP contribution in [0, 0.1) is 5.92 Å². The Morgan fingerprint density at radius 2 is 2.05 bits per heavy atom. The van der Waals surface area contributed by atoms with Crippen molar-refractivity contribution in [2.75, 3.05) is 19.6 Å². The van der Waals surface area contributed by atoms with E-state index in [4.69, 9.17) is 5.11 Å². The largest absolute Gasteiger partial charge is 0.481 e. The summed E-state index contributed by atoms with van der Waals surface area (Å²) >= 11 is 0. The number of nitrogens with zero attached hydrogens (tertiary/aromatic N) is 1. The SMILES string of the molecule is O=C(O)CCCNC(=O)N1CCC(CC(F)(F)F)C1. The molecule has 1 atom stereocenters. The highest BCUT2D eigenvalue weighted by Gasteiger charge is 2.36. The van der Waals surface area contributed by atoms with Gasteiger partial charge in [-0.05, 0) is 18.8 Å². The molecule has 1 rings (SSSR count). The molecule has 1 aliphatic rings. The van der Waals surface area contributed by atoms with Crippen LogP contribution < -0.4 is 5.32 Å². The standard InChI is InChI=1S/C11H17F3N2O3/c12-11(13,14)6-8-3-5-16(7-8)10(19)15-4-1-2-9(17)18/h8H,1-7H2,(H,15,19)(H,17,18). The predicted octanol–water partition coefficient (Wildman–Crippen LogP) is 1.84. The molecule has 2 N–H and O–H groups in total. The topological polar surface area (TPSA) is 69.6 Å². The second-order valence-corrected chi connectivity index (χ2v) is 4.65. The molecule has 110 valence electrons. The maximum absolute atomic E-state index is 12.2. The summed E-state index contributed by atoms with van der Waals surface area (Å²) in [5.74, 6) is -1.48. The summed E-state index contributed by atoms with van der Waals surface area (Å²) in [5, 5.41) is 10.9. The van der Waals surface area contributed by atoms with E-state index in [9.17, 15) is 22.8 Å². The molecule has 0 aromatic heterocycles.